The molecule has 0 spiro atoms. The standard InChI is InChI=1S/C16H24N4/c1-4-17-16-7-5-6-13-9-20(11-15(13)16)10-14-8-12(2)18-19(14)3/h8-9,11,16-17H,4-7,10H2,1-3H3. The van der Waals surface area contributed by atoms with Gasteiger partial charge in [-0.15, -0.1) is 0 Å². The zero-order chi connectivity index (χ0) is 14.1. The molecule has 1 aliphatic rings. The smallest absolute Gasteiger partial charge is 0.0639 e. The maximum Gasteiger partial charge on any atom is 0.0639 e. The van der Waals surface area contributed by atoms with E-state index in [4.69, 9.17) is 0 Å². The van der Waals surface area contributed by atoms with Crippen LogP contribution in [-0.2, 0) is 20.0 Å². The summed E-state index contributed by atoms with van der Waals surface area (Å²) in [5, 5.41) is 8.03. The van der Waals surface area contributed by atoms with E-state index in [0.717, 1.165) is 18.8 Å². The fourth-order valence-corrected chi connectivity index (χ4v) is 3.30. The lowest BCUT2D eigenvalue weighted by Gasteiger charge is -2.22. The Morgan fingerprint density at radius 1 is 1.40 bits per heavy atom. The van der Waals surface area contributed by atoms with Gasteiger partial charge in [0.25, 0.3) is 0 Å². The summed E-state index contributed by atoms with van der Waals surface area (Å²) < 4.78 is 4.30. The Labute approximate surface area is 120 Å². The maximum absolute atomic E-state index is 4.42. The highest BCUT2D eigenvalue weighted by atomic mass is 15.3. The highest BCUT2D eigenvalue weighted by molar-refractivity contribution is 5.30. The van der Waals surface area contributed by atoms with Crippen molar-refractivity contribution in [1.29, 1.82) is 0 Å². The van der Waals surface area contributed by atoms with Crippen molar-refractivity contribution >= 4 is 0 Å². The summed E-state index contributed by atoms with van der Waals surface area (Å²) in [5.41, 5.74) is 5.36. The number of aryl methyl sites for hydroxylation is 3. The third-order valence-electron chi connectivity index (χ3n) is 4.21. The van der Waals surface area contributed by atoms with Gasteiger partial charge in [-0.3, -0.25) is 4.68 Å². The summed E-state index contributed by atoms with van der Waals surface area (Å²) >= 11 is 0. The topological polar surface area (TPSA) is 34.8 Å². The molecule has 2 aromatic heterocycles. The largest absolute Gasteiger partial charge is 0.348 e. The molecule has 0 aromatic carbocycles. The lowest BCUT2D eigenvalue weighted by atomic mass is 9.91. The SMILES string of the molecule is CCNC1CCCc2cn(Cc3cc(C)nn3C)cc21. The van der Waals surface area contributed by atoms with Gasteiger partial charge in [0, 0.05) is 25.5 Å². The molecule has 0 saturated carbocycles. The molecular weight excluding hydrogens is 248 g/mol. The summed E-state index contributed by atoms with van der Waals surface area (Å²) in [4.78, 5) is 0. The Bertz CT molecular complexity index is 594. The lowest BCUT2D eigenvalue weighted by Crippen LogP contribution is -2.23. The highest BCUT2D eigenvalue weighted by Crippen LogP contribution is 2.30. The van der Waals surface area contributed by atoms with Crippen LogP contribution in [0, 0.1) is 6.92 Å². The van der Waals surface area contributed by atoms with Gasteiger partial charge < -0.3 is 9.88 Å². The Balaban J connectivity index is 1.84. The van der Waals surface area contributed by atoms with Gasteiger partial charge >= 0.3 is 0 Å². The van der Waals surface area contributed by atoms with E-state index in [2.05, 4.69) is 40.4 Å². The van der Waals surface area contributed by atoms with E-state index < -0.39 is 0 Å². The first-order chi connectivity index (χ1) is 9.67. The second-order valence-corrected chi connectivity index (χ2v) is 5.81. The zero-order valence-corrected chi connectivity index (χ0v) is 12.7. The Kier molecular flexibility index (Phi) is 3.66. The van der Waals surface area contributed by atoms with E-state index in [1.807, 2.05) is 18.7 Å². The zero-order valence-electron chi connectivity index (χ0n) is 12.7. The van der Waals surface area contributed by atoms with Crippen LogP contribution in [0.3, 0.4) is 0 Å². The van der Waals surface area contributed by atoms with Gasteiger partial charge in [0.1, 0.15) is 0 Å². The number of hydrogen-bond acceptors (Lipinski definition) is 2. The molecule has 1 aliphatic carbocycles. The molecule has 1 atom stereocenters. The van der Waals surface area contributed by atoms with Crippen LogP contribution in [0.5, 0.6) is 0 Å². The normalized spacial score (nSPS) is 18.2. The summed E-state index contributed by atoms with van der Waals surface area (Å²) in [5.74, 6) is 0. The van der Waals surface area contributed by atoms with E-state index in [1.54, 1.807) is 0 Å². The summed E-state index contributed by atoms with van der Waals surface area (Å²) in [6, 6.07) is 2.71. The number of aromatic nitrogens is 3. The van der Waals surface area contributed by atoms with Crippen molar-refractivity contribution in [3.63, 3.8) is 0 Å². The summed E-state index contributed by atoms with van der Waals surface area (Å²) in [7, 11) is 2.02. The van der Waals surface area contributed by atoms with Crippen molar-refractivity contribution in [2.75, 3.05) is 6.54 Å². The maximum atomic E-state index is 4.42. The van der Waals surface area contributed by atoms with Crippen LogP contribution in [0.2, 0.25) is 0 Å². The first kappa shape index (κ1) is 13.4. The second-order valence-electron chi connectivity index (χ2n) is 5.81. The molecule has 2 heterocycles. The Morgan fingerprint density at radius 2 is 2.25 bits per heavy atom. The van der Waals surface area contributed by atoms with Gasteiger partial charge in [-0.05, 0) is 49.9 Å². The Morgan fingerprint density at radius 3 is 2.95 bits per heavy atom. The Hall–Kier alpha value is -1.55. The predicted octanol–water partition coefficient (Wildman–Crippen LogP) is 2.57. The molecule has 1 N–H and O–H groups in total. The molecule has 0 bridgehead atoms. The van der Waals surface area contributed by atoms with Crippen LogP contribution in [0.25, 0.3) is 0 Å². The van der Waals surface area contributed by atoms with Crippen LogP contribution < -0.4 is 5.32 Å². The van der Waals surface area contributed by atoms with Crippen molar-refractivity contribution in [3.05, 3.63) is 41.0 Å². The lowest BCUT2D eigenvalue weighted by molar-refractivity contribution is 0.473. The van der Waals surface area contributed by atoms with Crippen molar-refractivity contribution in [3.8, 4) is 0 Å². The third kappa shape index (κ3) is 2.52. The van der Waals surface area contributed by atoms with E-state index in [9.17, 15) is 0 Å². The minimum absolute atomic E-state index is 0.540. The molecule has 20 heavy (non-hydrogen) atoms. The number of fused-ring (bicyclic) bond motifs is 1. The fourth-order valence-electron chi connectivity index (χ4n) is 3.30. The molecule has 4 nitrogen and oxygen atoms in total. The van der Waals surface area contributed by atoms with Crippen molar-refractivity contribution in [1.82, 2.24) is 19.7 Å². The van der Waals surface area contributed by atoms with Gasteiger partial charge in [-0.2, -0.15) is 5.10 Å². The van der Waals surface area contributed by atoms with Crippen LogP contribution in [-0.4, -0.2) is 20.9 Å². The van der Waals surface area contributed by atoms with Crippen LogP contribution in [0.15, 0.2) is 18.5 Å². The minimum atomic E-state index is 0.540. The molecular formula is C16H24N4. The number of hydrogen-bond donors (Lipinski definition) is 1. The molecule has 108 valence electrons. The minimum Gasteiger partial charge on any atom is -0.348 e. The predicted molar refractivity (Wildman–Crippen MR) is 80.8 cm³/mol. The molecule has 0 saturated heterocycles. The molecule has 4 heteroatoms. The van der Waals surface area contributed by atoms with E-state index in [1.165, 1.54) is 36.1 Å². The average Bonchev–Trinajstić information content (AvgIpc) is 2.94. The van der Waals surface area contributed by atoms with E-state index in [0.29, 0.717) is 6.04 Å². The van der Waals surface area contributed by atoms with E-state index in [-0.39, 0.29) is 0 Å². The van der Waals surface area contributed by atoms with Crippen LogP contribution in [0.1, 0.15) is 48.3 Å². The number of nitrogens with one attached hydrogen (secondary N) is 1. The molecule has 0 radical (unpaired) electrons. The van der Waals surface area contributed by atoms with E-state index >= 15 is 0 Å². The molecule has 0 amide bonds. The summed E-state index contributed by atoms with van der Waals surface area (Å²) in [6.07, 6.45) is 8.41. The molecule has 3 rings (SSSR count). The molecule has 0 aliphatic heterocycles. The molecule has 2 aromatic rings. The monoisotopic (exact) mass is 272 g/mol. The summed E-state index contributed by atoms with van der Waals surface area (Å²) in [6.45, 7) is 6.18. The average molecular weight is 272 g/mol. The van der Waals surface area contributed by atoms with Crippen LogP contribution >= 0.6 is 0 Å². The van der Waals surface area contributed by atoms with Gasteiger partial charge in [0.15, 0.2) is 0 Å². The van der Waals surface area contributed by atoms with Gasteiger partial charge in [0.05, 0.1) is 17.9 Å². The highest BCUT2D eigenvalue weighted by Gasteiger charge is 2.21. The first-order valence-corrected chi connectivity index (χ1v) is 7.59. The quantitative estimate of drug-likeness (QED) is 0.928. The molecule has 0 fully saturated rings. The first-order valence-electron chi connectivity index (χ1n) is 7.59. The molecule has 1 unspecified atom stereocenters. The van der Waals surface area contributed by atoms with Crippen molar-refractivity contribution in [2.45, 2.75) is 45.7 Å². The third-order valence-corrected chi connectivity index (χ3v) is 4.21. The number of rotatable bonds is 4. The second kappa shape index (κ2) is 5.44. The van der Waals surface area contributed by atoms with Crippen molar-refractivity contribution < 1.29 is 0 Å². The van der Waals surface area contributed by atoms with Crippen molar-refractivity contribution in [2.24, 2.45) is 7.05 Å². The van der Waals surface area contributed by atoms with Crippen LogP contribution in [0.4, 0.5) is 0 Å². The fraction of sp³-hybridized carbons (Fsp3) is 0.562. The van der Waals surface area contributed by atoms with Gasteiger partial charge in [-0.1, -0.05) is 6.92 Å². The van der Waals surface area contributed by atoms with Gasteiger partial charge in [-0.25, -0.2) is 0 Å². The van der Waals surface area contributed by atoms with Gasteiger partial charge in [0.2, 0.25) is 0 Å². The number of nitrogens with zero attached hydrogens (tertiary/aromatic N) is 3.